The van der Waals surface area contributed by atoms with Crippen molar-refractivity contribution in [2.45, 2.75) is 6.42 Å². The van der Waals surface area contributed by atoms with Gasteiger partial charge in [0.05, 0.1) is 11.8 Å². The topological polar surface area (TPSA) is 115 Å². The summed E-state index contributed by atoms with van der Waals surface area (Å²) in [6.07, 6.45) is 0.200. The number of aliphatic carboxylic acids is 2. The van der Waals surface area contributed by atoms with Crippen molar-refractivity contribution in [2.75, 3.05) is 0 Å². The molecule has 0 heterocycles. The first-order valence-electron chi connectivity index (χ1n) is 4.52. The molecule has 6 heteroatoms. The predicted octanol–water partition coefficient (Wildman–Crippen LogP) is 0.365. The van der Waals surface area contributed by atoms with E-state index in [1.165, 1.54) is 0 Å². The molecule has 4 atom stereocenters. The number of carboxylic acid groups (broad SMARTS) is 2. The Morgan fingerprint density at radius 2 is 1.27 bits per heavy atom. The molecule has 0 aromatic rings. The fourth-order valence-electron chi connectivity index (χ4n) is 2.66. The molecule has 0 aromatic heterocycles. The third-order valence-electron chi connectivity index (χ3n) is 3.30. The van der Waals surface area contributed by atoms with E-state index < -0.39 is 35.6 Å². The zero-order chi connectivity index (χ0) is 11.3. The highest BCUT2D eigenvalue weighted by atomic mass is 16.4. The third kappa shape index (κ3) is 1.10. The monoisotopic (exact) mass is 214 g/mol. The maximum Gasteiger partial charge on any atom is 0.308 e. The summed E-state index contributed by atoms with van der Waals surface area (Å²) in [6.45, 7) is 0. The molecule has 2 aliphatic rings. The second-order valence-corrected chi connectivity index (χ2v) is 3.95. The van der Waals surface area contributed by atoms with Crippen LogP contribution < -0.4 is 0 Å². The molecular weight excluding hydrogens is 204 g/mol. The van der Waals surface area contributed by atoms with Gasteiger partial charge in [0, 0.05) is 11.8 Å². The average Bonchev–Trinajstić information content (AvgIpc) is 2.64. The molecule has 1 saturated carbocycles. The van der Waals surface area contributed by atoms with Gasteiger partial charge in [-0.05, 0) is 6.42 Å². The van der Waals surface area contributed by atoms with Crippen LogP contribution in [0.3, 0.4) is 0 Å². The van der Waals surface area contributed by atoms with E-state index in [1.807, 2.05) is 0 Å². The number of carboxylic acids is 2. The van der Waals surface area contributed by atoms with Crippen molar-refractivity contribution >= 4 is 11.9 Å². The Balaban J connectivity index is 2.42. The van der Waals surface area contributed by atoms with Crippen molar-refractivity contribution in [2.24, 2.45) is 23.7 Å². The second kappa shape index (κ2) is 2.88. The van der Waals surface area contributed by atoms with Crippen LogP contribution in [0.1, 0.15) is 6.42 Å². The summed E-state index contributed by atoms with van der Waals surface area (Å²) in [4.78, 5) is 21.8. The van der Waals surface area contributed by atoms with Crippen molar-refractivity contribution in [3.05, 3.63) is 11.5 Å². The molecule has 1 fully saturated rings. The Bertz CT molecular complexity index is 337. The summed E-state index contributed by atoms with van der Waals surface area (Å²) in [7, 11) is 0. The number of allylic oxidation sites excluding steroid dienone is 2. The predicted molar refractivity (Wildman–Crippen MR) is 46.1 cm³/mol. The van der Waals surface area contributed by atoms with E-state index in [2.05, 4.69) is 0 Å². The van der Waals surface area contributed by atoms with Crippen LogP contribution in [0.25, 0.3) is 0 Å². The Hall–Kier alpha value is -1.72. The van der Waals surface area contributed by atoms with E-state index in [4.69, 9.17) is 10.2 Å². The number of hydrogen-bond donors (Lipinski definition) is 4. The molecule has 0 aromatic carbocycles. The van der Waals surface area contributed by atoms with Gasteiger partial charge in [0.2, 0.25) is 0 Å². The van der Waals surface area contributed by atoms with Gasteiger partial charge in [-0.1, -0.05) is 0 Å². The van der Waals surface area contributed by atoms with Crippen LogP contribution in [0.2, 0.25) is 0 Å². The van der Waals surface area contributed by atoms with Crippen LogP contribution >= 0.6 is 0 Å². The minimum atomic E-state index is -1.24. The van der Waals surface area contributed by atoms with Crippen molar-refractivity contribution in [3.8, 4) is 0 Å². The minimum Gasteiger partial charge on any atom is -0.508 e. The highest BCUT2D eigenvalue weighted by Crippen LogP contribution is 2.53. The first kappa shape index (κ1) is 9.82. The number of fused-ring (bicyclic) bond motifs is 2. The zero-order valence-corrected chi connectivity index (χ0v) is 7.62. The van der Waals surface area contributed by atoms with Gasteiger partial charge in [-0.2, -0.15) is 0 Å². The molecule has 2 aliphatic carbocycles. The zero-order valence-electron chi connectivity index (χ0n) is 7.62. The molecule has 0 radical (unpaired) electrons. The van der Waals surface area contributed by atoms with Gasteiger partial charge in [-0.25, -0.2) is 0 Å². The minimum absolute atomic E-state index is 0.200. The highest BCUT2D eigenvalue weighted by Gasteiger charge is 2.59. The molecule has 6 nitrogen and oxygen atoms in total. The standard InChI is InChI=1S/C9H10O6/c10-6-2-1-3(7(6)11)5(9(14)15)4(2)8(12)13/h2-5,10-11H,1H2,(H,12,13)(H,14,15). The van der Waals surface area contributed by atoms with E-state index in [9.17, 15) is 19.8 Å². The van der Waals surface area contributed by atoms with Crippen molar-refractivity contribution < 1.29 is 30.0 Å². The van der Waals surface area contributed by atoms with E-state index in [1.54, 1.807) is 0 Å². The number of aliphatic hydroxyl groups excluding tert-OH is 2. The maximum atomic E-state index is 10.9. The van der Waals surface area contributed by atoms with Crippen LogP contribution in [0.5, 0.6) is 0 Å². The van der Waals surface area contributed by atoms with Gasteiger partial charge < -0.3 is 20.4 Å². The molecule has 0 saturated heterocycles. The van der Waals surface area contributed by atoms with Crippen molar-refractivity contribution in [1.82, 2.24) is 0 Å². The van der Waals surface area contributed by atoms with Crippen molar-refractivity contribution in [3.63, 3.8) is 0 Å². The molecule has 0 aliphatic heterocycles. The van der Waals surface area contributed by atoms with Crippen LogP contribution in [0, 0.1) is 23.7 Å². The van der Waals surface area contributed by atoms with E-state index in [0.717, 1.165) is 0 Å². The van der Waals surface area contributed by atoms with E-state index >= 15 is 0 Å². The molecule has 4 N–H and O–H groups in total. The van der Waals surface area contributed by atoms with Gasteiger partial charge in [0.25, 0.3) is 0 Å². The molecule has 2 bridgehead atoms. The number of hydrogen-bond acceptors (Lipinski definition) is 4. The lowest BCUT2D eigenvalue weighted by Crippen LogP contribution is -2.36. The van der Waals surface area contributed by atoms with Crippen molar-refractivity contribution in [1.29, 1.82) is 0 Å². The smallest absolute Gasteiger partial charge is 0.308 e. The van der Waals surface area contributed by atoms with Gasteiger partial charge >= 0.3 is 11.9 Å². The largest absolute Gasteiger partial charge is 0.508 e. The summed E-state index contributed by atoms with van der Waals surface area (Å²) in [5.41, 5.74) is 0. The summed E-state index contributed by atoms with van der Waals surface area (Å²) in [5.74, 6) is -6.98. The van der Waals surface area contributed by atoms with E-state index in [-0.39, 0.29) is 17.9 Å². The number of aliphatic hydroxyl groups is 2. The molecule has 4 unspecified atom stereocenters. The average molecular weight is 214 g/mol. The summed E-state index contributed by atoms with van der Waals surface area (Å²) in [6, 6.07) is 0. The molecule has 2 rings (SSSR count). The Labute approximate surface area is 84.5 Å². The first-order valence-corrected chi connectivity index (χ1v) is 4.52. The first-order chi connectivity index (χ1) is 6.95. The number of rotatable bonds is 2. The second-order valence-electron chi connectivity index (χ2n) is 3.95. The molecule has 0 amide bonds. The lowest BCUT2D eigenvalue weighted by molar-refractivity contribution is -0.155. The Kier molecular flexibility index (Phi) is 1.89. The molecule has 15 heavy (non-hydrogen) atoms. The fourth-order valence-corrected chi connectivity index (χ4v) is 2.66. The maximum absolute atomic E-state index is 10.9. The van der Waals surface area contributed by atoms with Crippen LogP contribution in [0.4, 0.5) is 0 Å². The van der Waals surface area contributed by atoms with Gasteiger partial charge in [0.1, 0.15) is 11.5 Å². The van der Waals surface area contributed by atoms with Gasteiger partial charge in [0.15, 0.2) is 0 Å². The third-order valence-corrected chi connectivity index (χ3v) is 3.30. The molecule has 0 spiro atoms. The molecular formula is C9H10O6. The summed E-state index contributed by atoms with van der Waals surface area (Å²) < 4.78 is 0. The SMILES string of the molecule is O=C(O)C1C2CC(C(O)=C2O)C1C(=O)O. The van der Waals surface area contributed by atoms with Crippen LogP contribution in [-0.4, -0.2) is 32.4 Å². The Morgan fingerprint density at radius 1 is 0.933 bits per heavy atom. The Morgan fingerprint density at radius 3 is 1.53 bits per heavy atom. The summed E-state index contributed by atoms with van der Waals surface area (Å²) in [5, 5.41) is 36.5. The lowest BCUT2D eigenvalue weighted by atomic mass is 9.81. The quantitative estimate of drug-likeness (QED) is 0.527. The normalized spacial score (nSPS) is 38.4. The van der Waals surface area contributed by atoms with Crippen LogP contribution in [-0.2, 0) is 9.59 Å². The van der Waals surface area contributed by atoms with Gasteiger partial charge in [-0.15, -0.1) is 0 Å². The highest BCUT2D eigenvalue weighted by molar-refractivity contribution is 5.82. The summed E-state index contributed by atoms with van der Waals surface area (Å²) >= 11 is 0. The molecule has 82 valence electrons. The van der Waals surface area contributed by atoms with Gasteiger partial charge in [-0.3, -0.25) is 9.59 Å². The van der Waals surface area contributed by atoms with Crippen LogP contribution in [0.15, 0.2) is 11.5 Å². The van der Waals surface area contributed by atoms with E-state index in [0.29, 0.717) is 0 Å². The lowest BCUT2D eigenvalue weighted by Gasteiger charge is -2.24. The number of carbonyl (C=O) groups is 2. The fraction of sp³-hybridized carbons (Fsp3) is 0.556.